The highest BCUT2D eigenvalue weighted by Gasteiger charge is 2.28. The predicted octanol–water partition coefficient (Wildman–Crippen LogP) is 1.80. The molecule has 0 bridgehead atoms. The van der Waals surface area contributed by atoms with Gasteiger partial charge in [0, 0.05) is 25.6 Å². The Balaban J connectivity index is 1.92. The van der Waals surface area contributed by atoms with Crippen molar-refractivity contribution in [2.24, 2.45) is 10.9 Å². The van der Waals surface area contributed by atoms with Crippen molar-refractivity contribution in [2.75, 3.05) is 13.7 Å². The van der Waals surface area contributed by atoms with Crippen molar-refractivity contribution in [1.29, 1.82) is 0 Å². The van der Waals surface area contributed by atoms with Crippen LogP contribution < -0.4 is 10.5 Å². The lowest BCUT2D eigenvalue weighted by molar-refractivity contribution is 0.259. The number of hydrogen-bond acceptors (Lipinski definition) is 4. The van der Waals surface area contributed by atoms with Gasteiger partial charge in [-0.1, -0.05) is 17.3 Å². The van der Waals surface area contributed by atoms with Crippen LogP contribution in [0.2, 0.25) is 0 Å². The van der Waals surface area contributed by atoms with Crippen LogP contribution in [-0.4, -0.2) is 35.6 Å². The van der Waals surface area contributed by atoms with Crippen molar-refractivity contribution in [1.82, 2.24) is 4.90 Å². The molecular weight excluding hydrogens is 242 g/mol. The van der Waals surface area contributed by atoms with Gasteiger partial charge < -0.3 is 15.7 Å². The number of nitrogens with zero attached hydrogens (tertiary/aromatic N) is 2. The van der Waals surface area contributed by atoms with Crippen molar-refractivity contribution in [3.8, 4) is 5.75 Å². The third-order valence-electron chi connectivity index (χ3n) is 3.39. The van der Waals surface area contributed by atoms with Crippen LogP contribution in [0.15, 0.2) is 29.4 Å². The van der Waals surface area contributed by atoms with Gasteiger partial charge >= 0.3 is 0 Å². The molecule has 5 heteroatoms. The molecule has 104 valence electrons. The number of oxime groups is 1. The highest BCUT2D eigenvalue weighted by molar-refractivity contribution is 5.79. The summed E-state index contributed by atoms with van der Waals surface area (Å²) < 4.78 is 5.15. The van der Waals surface area contributed by atoms with Crippen molar-refractivity contribution < 1.29 is 9.94 Å². The molecule has 5 nitrogen and oxygen atoms in total. The fourth-order valence-corrected chi connectivity index (χ4v) is 2.10. The summed E-state index contributed by atoms with van der Waals surface area (Å²) in [5.41, 5.74) is 6.79. The normalized spacial score (nSPS) is 15.8. The SMILES string of the molecule is COc1ccc(CN(CCC(N)=NO)C2CC2)cc1. The fraction of sp³-hybridized carbons (Fsp3) is 0.500. The summed E-state index contributed by atoms with van der Waals surface area (Å²) in [4.78, 5) is 2.39. The van der Waals surface area contributed by atoms with Gasteiger partial charge in [-0.25, -0.2) is 0 Å². The van der Waals surface area contributed by atoms with E-state index < -0.39 is 0 Å². The molecule has 0 radical (unpaired) electrons. The lowest BCUT2D eigenvalue weighted by atomic mass is 10.2. The maximum absolute atomic E-state index is 8.58. The fourth-order valence-electron chi connectivity index (χ4n) is 2.10. The Hall–Kier alpha value is -1.75. The average Bonchev–Trinajstić information content (AvgIpc) is 3.28. The molecule has 0 atom stereocenters. The molecule has 1 aliphatic rings. The summed E-state index contributed by atoms with van der Waals surface area (Å²) in [5.74, 6) is 1.17. The largest absolute Gasteiger partial charge is 0.497 e. The van der Waals surface area contributed by atoms with Crippen LogP contribution in [0.5, 0.6) is 5.75 Å². The lowest BCUT2D eigenvalue weighted by Gasteiger charge is -2.21. The zero-order valence-electron chi connectivity index (χ0n) is 11.2. The van der Waals surface area contributed by atoms with Crippen LogP contribution in [0.25, 0.3) is 0 Å². The van der Waals surface area contributed by atoms with Gasteiger partial charge in [0.15, 0.2) is 0 Å². The zero-order chi connectivity index (χ0) is 13.7. The number of nitrogens with two attached hydrogens (primary N) is 1. The number of amidine groups is 1. The summed E-state index contributed by atoms with van der Waals surface area (Å²) in [6.07, 6.45) is 3.09. The molecule has 0 heterocycles. The van der Waals surface area contributed by atoms with E-state index in [0.717, 1.165) is 18.8 Å². The minimum absolute atomic E-state index is 0.292. The second-order valence-corrected chi connectivity index (χ2v) is 4.89. The first kappa shape index (κ1) is 13.7. The third-order valence-corrected chi connectivity index (χ3v) is 3.39. The highest BCUT2D eigenvalue weighted by atomic mass is 16.5. The minimum Gasteiger partial charge on any atom is -0.497 e. The van der Waals surface area contributed by atoms with Gasteiger partial charge in [0.1, 0.15) is 11.6 Å². The molecule has 1 aromatic carbocycles. The van der Waals surface area contributed by atoms with Crippen LogP contribution in [0.3, 0.4) is 0 Å². The van der Waals surface area contributed by atoms with Gasteiger partial charge in [0.25, 0.3) is 0 Å². The number of hydrogen-bond donors (Lipinski definition) is 2. The molecule has 0 amide bonds. The Morgan fingerprint density at radius 3 is 2.63 bits per heavy atom. The molecule has 1 aliphatic carbocycles. The Bertz CT molecular complexity index is 427. The molecule has 3 N–H and O–H groups in total. The molecule has 19 heavy (non-hydrogen) atoms. The van der Waals surface area contributed by atoms with Gasteiger partial charge in [-0.05, 0) is 30.5 Å². The maximum Gasteiger partial charge on any atom is 0.140 e. The monoisotopic (exact) mass is 263 g/mol. The maximum atomic E-state index is 8.58. The molecular formula is C14H21N3O2. The smallest absolute Gasteiger partial charge is 0.140 e. The van der Waals surface area contributed by atoms with E-state index in [1.165, 1.54) is 18.4 Å². The van der Waals surface area contributed by atoms with Crippen LogP contribution in [-0.2, 0) is 6.54 Å². The molecule has 1 aromatic rings. The number of rotatable bonds is 7. The van der Waals surface area contributed by atoms with Crippen LogP contribution in [0.4, 0.5) is 0 Å². The van der Waals surface area contributed by atoms with Gasteiger partial charge in [-0.2, -0.15) is 0 Å². The third kappa shape index (κ3) is 4.13. The molecule has 1 saturated carbocycles. The van der Waals surface area contributed by atoms with Gasteiger partial charge in [0.2, 0.25) is 0 Å². The predicted molar refractivity (Wildman–Crippen MR) is 74.5 cm³/mol. The molecule has 1 fully saturated rings. The molecule has 0 aromatic heterocycles. The van der Waals surface area contributed by atoms with E-state index in [1.807, 2.05) is 12.1 Å². The quantitative estimate of drug-likeness (QED) is 0.340. The van der Waals surface area contributed by atoms with E-state index in [0.29, 0.717) is 18.3 Å². The van der Waals surface area contributed by atoms with E-state index in [1.54, 1.807) is 7.11 Å². The number of benzene rings is 1. The van der Waals surface area contributed by atoms with Crippen molar-refractivity contribution >= 4 is 5.84 Å². The van der Waals surface area contributed by atoms with Crippen LogP contribution in [0, 0.1) is 0 Å². The Labute approximate surface area is 113 Å². The summed E-state index contributed by atoms with van der Waals surface area (Å²) in [7, 11) is 1.67. The molecule has 2 rings (SSSR count). The first-order valence-electron chi connectivity index (χ1n) is 6.56. The number of methoxy groups -OCH3 is 1. The van der Waals surface area contributed by atoms with E-state index in [9.17, 15) is 0 Å². The molecule has 0 saturated heterocycles. The molecule has 0 aliphatic heterocycles. The van der Waals surface area contributed by atoms with Crippen LogP contribution in [0.1, 0.15) is 24.8 Å². The Morgan fingerprint density at radius 1 is 1.42 bits per heavy atom. The van der Waals surface area contributed by atoms with E-state index in [4.69, 9.17) is 15.7 Å². The first-order valence-corrected chi connectivity index (χ1v) is 6.56. The number of ether oxygens (including phenoxy) is 1. The average molecular weight is 263 g/mol. The second-order valence-electron chi connectivity index (χ2n) is 4.89. The van der Waals surface area contributed by atoms with E-state index in [-0.39, 0.29) is 0 Å². The molecule has 0 spiro atoms. The summed E-state index contributed by atoms with van der Waals surface area (Å²) >= 11 is 0. The summed E-state index contributed by atoms with van der Waals surface area (Å²) in [6.45, 7) is 1.72. The lowest BCUT2D eigenvalue weighted by Crippen LogP contribution is -2.29. The van der Waals surface area contributed by atoms with Gasteiger partial charge in [-0.3, -0.25) is 4.90 Å². The highest BCUT2D eigenvalue weighted by Crippen LogP contribution is 2.28. The van der Waals surface area contributed by atoms with Gasteiger partial charge in [-0.15, -0.1) is 0 Å². The van der Waals surface area contributed by atoms with Crippen molar-refractivity contribution in [3.05, 3.63) is 29.8 Å². The zero-order valence-corrected chi connectivity index (χ0v) is 11.2. The molecule has 0 unspecified atom stereocenters. The summed E-state index contributed by atoms with van der Waals surface area (Å²) in [5, 5.41) is 11.6. The van der Waals surface area contributed by atoms with E-state index in [2.05, 4.69) is 22.2 Å². The first-order chi connectivity index (χ1) is 9.22. The second kappa shape index (κ2) is 6.43. The standard InChI is InChI=1S/C14H21N3O2/c1-19-13-6-2-11(3-7-13)10-17(12-4-5-12)9-8-14(15)16-18/h2-3,6-7,12,18H,4-5,8-10H2,1H3,(H2,15,16). The van der Waals surface area contributed by atoms with E-state index >= 15 is 0 Å². The van der Waals surface area contributed by atoms with Gasteiger partial charge in [0.05, 0.1) is 7.11 Å². The van der Waals surface area contributed by atoms with Crippen molar-refractivity contribution in [3.63, 3.8) is 0 Å². The topological polar surface area (TPSA) is 71.1 Å². The summed E-state index contributed by atoms with van der Waals surface area (Å²) in [6, 6.07) is 8.76. The minimum atomic E-state index is 0.292. The van der Waals surface area contributed by atoms with Crippen LogP contribution >= 0.6 is 0 Å². The Morgan fingerprint density at radius 2 is 2.11 bits per heavy atom. The Kier molecular flexibility index (Phi) is 4.63. The van der Waals surface area contributed by atoms with Crippen molar-refractivity contribution in [2.45, 2.75) is 31.8 Å².